The Morgan fingerprint density at radius 2 is 1.62 bits per heavy atom. The van der Waals surface area contributed by atoms with E-state index in [9.17, 15) is 4.79 Å². The Morgan fingerprint density at radius 1 is 1.00 bits per heavy atom. The zero-order chi connectivity index (χ0) is 16.2. The molecule has 4 nitrogen and oxygen atoms in total. The van der Waals surface area contributed by atoms with Crippen molar-refractivity contribution in [1.82, 2.24) is 0 Å². The van der Waals surface area contributed by atoms with Crippen molar-refractivity contribution < 1.29 is 19.4 Å². The number of rotatable bonds is 5. The number of ether oxygens (including phenoxy) is 2. The van der Waals surface area contributed by atoms with E-state index in [1.165, 1.54) is 12.8 Å². The van der Waals surface area contributed by atoms with Crippen LogP contribution in [0.4, 0.5) is 0 Å². The van der Waals surface area contributed by atoms with Gasteiger partial charge in [-0.05, 0) is 61.1 Å². The van der Waals surface area contributed by atoms with Gasteiger partial charge in [0.25, 0.3) is 0 Å². The Morgan fingerprint density at radius 3 is 2.21 bits per heavy atom. The summed E-state index contributed by atoms with van der Waals surface area (Å²) in [7, 11) is 1.64. The van der Waals surface area contributed by atoms with Crippen LogP contribution in [0.25, 0.3) is 11.1 Å². The molecule has 2 aromatic rings. The maximum absolute atomic E-state index is 10.9. The Balaban J connectivity index is 0.00000208. The van der Waals surface area contributed by atoms with Crippen LogP contribution in [0.1, 0.15) is 36.0 Å². The van der Waals surface area contributed by atoms with E-state index in [0.29, 0.717) is 0 Å². The normalized spacial score (nSPS) is 14.0. The van der Waals surface area contributed by atoms with Crippen LogP contribution in [0.15, 0.2) is 42.5 Å². The van der Waals surface area contributed by atoms with Crippen LogP contribution in [0, 0.1) is 0 Å². The molecule has 1 aliphatic carbocycles. The predicted molar refractivity (Wildman–Crippen MR) is 95.4 cm³/mol. The van der Waals surface area contributed by atoms with Crippen LogP contribution in [-0.2, 0) is 0 Å². The molecule has 0 bridgehead atoms. The minimum atomic E-state index is -0.920. The molecule has 0 radical (unpaired) electrons. The summed E-state index contributed by atoms with van der Waals surface area (Å²) in [4.78, 5) is 10.9. The zero-order valence-corrected chi connectivity index (χ0v) is 13.1. The summed E-state index contributed by atoms with van der Waals surface area (Å²) in [6.07, 6.45) is 4.85. The van der Waals surface area contributed by atoms with E-state index in [4.69, 9.17) is 14.6 Å². The molecule has 1 saturated carbocycles. The fourth-order valence-electron chi connectivity index (χ4n) is 2.94. The van der Waals surface area contributed by atoms with Gasteiger partial charge in [-0.2, -0.15) is 0 Å². The van der Waals surface area contributed by atoms with E-state index in [0.717, 1.165) is 35.5 Å². The molecular formula is C19H21NaO4. The third-order valence-corrected chi connectivity index (χ3v) is 4.22. The zero-order valence-electron chi connectivity index (χ0n) is 13.1. The van der Waals surface area contributed by atoms with Crippen molar-refractivity contribution in [3.8, 4) is 22.6 Å². The van der Waals surface area contributed by atoms with Gasteiger partial charge in [-0.3, -0.25) is 0 Å². The summed E-state index contributed by atoms with van der Waals surface area (Å²) in [5.74, 6) is 0.554. The quantitative estimate of drug-likeness (QED) is 0.845. The first-order valence-corrected chi connectivity index (χ1v) is 7.86. The van der Waals surface area contributed by atoms with Crippen LogP contribution in [0.5, 0.6) is 11.5 Å². The van der Waals surface area contributed by atoms with Crippen molar-refractivity contribution in [3.63, 3.8) is 0 Å². The van der Waals surface area contributed by atoms with Gasteiger partial charge in [0.15, 0.2) is 11.5 Å². The van der Waals surface area contributed by atoms with Gasteiger partial charge >= 0.3 is 35.5 Å². The van der Waals surface area contributed by atoms with Crippen molar-refractivity contribution in [1.29, 1.82) is 0 Å². The van der Waals surface area contributed by atoms with Crippen molar-refractivity contribution in [3.05, 3.63) is 48.0 Å². The molecule has 0 saturated heterocycles. The first-order valence-electron chi connectivity index (χ1n) is 7.86. The molecule has 0 unspecified atom stereocenters. The van der Waals surface area contributed by atoms with Crippen LogP contribution < -0.4 is 9.47 Å². The maximum atomic E-state index is 10.9. The number of benzene rings is 2. The van der Waals surface area contributed by atoms with E-state index in [2.05, 4.69) is 0 Å². The van der Waals surface area contributed by atoms with Gasteiger partial charge in [-0.25, -0.2) is 4.79 Å². The van der Waals surface area contributed by atoms with Crippen molar-refractivity contribution >= 4 is 35.5 Å². The van der Waals surface area contributed by atoms with Crippen molar-refractivity contribution in [2.24, 2.45) is 0 Å². The van der Waals surface area contributed by atoms with Crippen LogP contribution in [0.3, 0.4) is 0 Å². The molecule has 0 heterocycles. The molecule has 2 aromatic carbocycles. The number of hydrogen-bond acceptors (Lipinski definition) is 3. The number of carboxylic acid groups (broad SMARTS) is 1. The standard InChI is InChI=1S/C19H20O4.Na.H/c1-22-17-11-10-15(12-18(17)23-16-4-2-3-5-16)13-6-8-14(9-7-13)19(20)21;;/h6-12,16H,2-5H2,1H3,(H,20,21);;. The first-order chi connectivity index (χ1) is 11.2. The Kier molecular flexibility index (Phi) is 6.72. The molecule has 5 heteroatoms. The molecule has 0 amide bonds. The van der Waals surface area contributed by atoms with Gasteiger partial charge in [0, 0.05) is 0 Å². The second kappa shape index (κ2) is 8.56. The molecule has 3 rings (SSSR count). The summed E-state index contributed by atoms with van der Waals surface area (Å²) in [6.45, 7) is 0. The summed E-state index contributed by atoms with van der Waals surface area (Å²) >= 11 is 0. The average Bonchev–Trinajstić information content (AvgIpc) is 3.08. The summed E-state index contributed by atoms with van der Waals surface area (Å²) in [5.41, 5.74) is 2.22. The Bertz CT molecular complexity index is 691. The van der Waals surface area contributed by atoms with Gasteiger partial charge in [-0.15, -0.1) is 0 Å². The minimum absolute atomic E-state index is 0. The van der Waals surface area contributed by atoms with E-state index < -0.39 is 5.97 Å². The number of aromatic carboxylic acids is 1. The van der Waals surface area contributed by atoms with E-state index >= 15 is 0 Å². The average molecular weight is 336 g/mol. The fraction of sp³-hybridized carbons (Fsp3) is 0.316. The summed E-state index contributed by atoms with van der Waals surface area (Å²) in [5, 5.41) is 8.98. The van der Waals surface area contributed by atoms with Crippen LogP contribution in [-0.4, -0.2) is 53.8 Å². The molecule has 0 atom stereocenters. The van der Waals surface area contributed by atoms with Gasteiger partial charge in [0.05, 0.1) is 18.8 Å². The van der Waals surface area contributed by atoms with E-state index in [-0.39, 0.29) is 41.2 Å². The van der Waals surface area contributed by atoms with Crippen molar-refractivity contribution in [2.75, 3.05) is 7.11 Å². The molecule has 0 aromatic heterocycles. The SMILES string of the molecule is COc1ccc(-c2ccc(C(=O)O)cc2)cc1OC1CCCC1.[NaH]. The molecule has 0 aliphatic heterocycles. The van der Waals surface area contributed by atoms with Crippen LogP contribution >= 0.6 is 0 Å². The number of hydrogen-bond donors (Lipinski definition) is 1. The molecule has 24 heavy (non-hydrogen) atoms. The second-order valence-corrected chi connectivity index (χ2v) is 5.77. The van der Waals surface area contributed by atoms with Crippen molar-refractivity contribution in [2.45, 2.75) is 31.8 Å². The Hall–Kier alpha value is -1.49. The van der Waals surface area contributed by atoms with Gasteiger partial charge < -0.3 is 14.6 Å². The van der Waals surface area contributed by atoms with Crippen LogP contribution in [0.2, 0.25) is 0 Å². The number of carboxylic acids is 1. The molecule has 1 fully saturated rings. The van der Waals surface area contributed by atoms with Gasteiger partial charge in [0.2, 0.25) is 0 Å². The molecular weight excluding hydrogens is 315 g/mol. The molecule has 0 spiro atoms. The van der Waals surface area contributed by atoms with E-state index in [1.807, 2.05) is 30.3 Å². The summed E-state index contributed by atoms with van der Waals surface area (Å²) < 4.78 is 11.5. The third kappa shape index (κ3) is 4.32. The molecule has 1 N–H and O–H groups in total. The molecule has 122 valence electrons. The Labute approximate surface area is 164 Å². The van der Waals surface area contributed by atoms with E-state index in [1.54, 1.807) is 19.2 Å². The second-order valence-electron chi connectivity index (χ2n) is 5.77. The first kappa shape index (κ1) is 18.8. The predicted octanol–water partition coefficient (Wildman–Crippen LogP) is 3.73. The number of carbonyl (C=O) groups is 1. The topological polar surface area (TPSA) is 55.8 Å². The van der Waals surface area contributed by atoms with Gasteiger partial charge in [-0.1, -0.05) is 18.2 Å². The summed E-state index contributed by atoms with van der Waals surface area (Å²) in [6, 6.07) is 12.7. The third-order valence-electron chi connectivity index (χ3n) is 4.22. The monoisotopic (exact) mass is 336 g/mol. The molecule has 1 aliphatic rings. The van der Waals surface area contributed by atoms with Gasteiger partial charge in [0.1, 0.15) is 0 Å². The fourth-order valence-corrected chi connectivity index (χ4v) is 2.94. The number of methoxy groups -OCH3 is 1.